The minimum Gasteiger partial charge on any atom is -0.369 e. The first kappa shape index (κ1) is 16.9. The number of halogens is 1. The van der Waals surface area contributed by atoms with Crippen LogP contribution in [-0.4, -0.2) is 23.3 Å². The molecule has 8 nitrogen and oxygen atoms in total. The molecule has 0 heterocycles. The maximum Gasteiger partial charge on any atom is 0.211 e. The van der Waals surface area contributed by atoms with Crippen molar-refractivity contribution in [2.24, 2.45) is 43.3 Å². The van der Waals surface area contributed by atoms with Crippen LogP contribution in [0.15, 0.2) is 38.6 Å². The Morgan fingerprint density at radius 1 is 0.762 bits per heavy atom. The highest BCUT2D eigenvalue weighted by Crippen LogP contribution is 2.15. The molecule has 1 rings (SSSR count). The second-order valence-electron chi connectivity index (χ2n) is 4.15. The summed E-state index contributed by atoms with van der Waals surface area (Å²) in [6.45, 7) is 3.62. The van der Waals surface area contributed by atoms with E-state index >= 15 is 0 Å². The molecule has 0 saturated carbocycles. The average molecular weight is 400 g/mol. The van der Waals surface area contributed by atoms with Gasteiger partial charge in [-0.3, -0.25) is 0 Å². The molecular formula is C12H17IN8. The molecule has 0 aromatic heterocycles. The Labute approximate surface area is 136 Å². The van der Waals surface area contributed by atoms with E-state index in [4.69, 9.17) is 22.9 Å². The lowest BCUT2D eigenvalue weighted by atomic mass is 10.1. The second kappa shape index (κ2) is 7.57. The molecule has 112 valence electrons. The van der Waals surface area contributed by atoms with Gasteiger partial charge in [0.15, 0.2) is 0 Å². The largest absolute Gasteiger partial charge is 0.369 e. The monoisotopic (exact) mass is 400 g/mol. The molecule has 1 aromatic carbocycles. The van der Waals surface area contributed by atoms with Crippen LogP contribution in [0.3, 0.4) is 0 Å². The number of guanidine groups is 2. The van der Waals surface area contributed by atoms with Crippen LogP contribution >= 0.6 is 22.6 Å². The van der Waals surface area contributed by atoms with Crippen molar-refractivity contribution in [1.82, 2.24) is 0 Å². The molecule has 0 aliphatic carbocycles. The highest BCUT2D eigenvalue weighted by molar-refractivity contribution is 14.1. The summed E-state index contributed by atoms with van der Waals surface area (Å²) in [5, 5.41) is 15.2. The van der Waals surface area contributed by atoms with Gasteiger partial charge in [-0.2, -0.15) is 10.2 Å². The summed E-state index contributed by atoms with van der Waals surface area (Å²) in [6.07, 6.45) is 0. The molecule has 0 radical (unpaired) electrons. The van der Waals surface area contributed by atoms with Crippen molar-refractivity contribution in [1.29, 1.82) is 0 Å². The SMILES string of the molecule is C/C(=N\N=C(N)N)c1cc(I)cc(/C(C)=N/N=C(N)N)c1. The summed E-state index contributed by atoms with van der Waals surface area (Å²) >= 11 is 2.20. The fraction of sp³-hybridized carbons (Fsp3) is 0.167. The summed E-state index contributed by atoms with van der Waals surface area (Å²) in [7, 11) is 0. The van der Waals surface area contributed by atoms with Crippen LogP contribution in [0.4, 0.5) is 0 Å². The van der Waals surface area contributed by atoms with Crippen molar-refractivity contribution in [3.63, 3.8) is 0 Å². The third-order valence-electron chi connectivity index (χ3n) is 2.36. The van der Waals surface area contributed by atoms with Crippen LogP contribution < -0.4 is 22.9 Å². The van der Waals surface area contributed by atoms with Gasteiger partial charge in [-0.15, -0.1) is 10.2 Å². The summed E-state index contributed by atoms with van der Waals surface area (Å²) < 4.78 is 1.01. The average Bonchev–Trinajstić information content (AvgIpc) is 2.41. The van der Waals surface area contributed by atoms with Crippen molar-refractivity contribution in [3.8, 4) is 0 Å². The fourth-order valence-electron chi connectivity index (χ4n) is 1.39. The molecule has 0 spiro atoms. The van der Waals surface area contributed by atoms with Crippen LogP contribution in [-0.2, 0) is 0 Å². The lowest BCUT2D eigenvalue weighted by molar-refractivity contribution is 1.19. The Kier molecular flexibility index (Phi) is 6.09. The minimum absolute atomic E-state index is 0.0919. The Balaban J connectivity index is 3.22. The predicted molar refractivity (Wildman–Crippen MR) is 95.2 cm³/mol. The third kappa shape index (κ3) is 5.77. The van der Waals surface area contributed by atoms with Gasteiger partial charge in [0, 0.05) is 3.57 Å². The van der Waals surface area contributed by atoms with Gasteiger partial charge in [-0.1, -0.05) is 0 Å². The van der Waals surface area contributed by atoms with Crippen LogP contribution in [0, 0.1) is 3.57 Å². The van der Waals surface area contributed by atoms with Crippen molar-refractivity contribution in [2.75, 3.05) is 0 Å². The van der Waals surface area contributed by atoms with E-state index in [1.165, 1.54) is 0 Å². The van der Waals surface area contributed by atoms with Crippen LogP contribution in [0.5, 0.6) is 0 Å². The number of hydrogen-bond acceptors (Lipinski definition) is 4. The normalized spacial score (nSPS) is 12.0. The van der Waals surface area contributed by atoms with Gasteiger partial charge in [0.1, 0.15) is 0 Å². The van der Waals surface area contributed by atoms with E-state index in [0.29, 0.717) is 11.4 Å². The van der Waals surface area contributed by atoms with Gasteiger partial charge in [0.25, 0.3) is 0 Å². The quantitative estimate of drug-likeness (QED) is 0.248. The van der Waals surface area contributed by atoms with E-state index in [0.717, 1.165) is 14.7 Å². The fourth-order valence-corrected chi connectivity index (χ4v) is 2.06. The molecule has 8 N–H and O–H groups in total. The number of nitrogens with two attached hydrogens (primary N) is 4. The van der Waals surface area contributed by atoms with Gasteiger partial charge < -0.3 is 22.9 Å². The van der Waals surface area contributed by atoms with Gasteiger partial charge in [0.05, 0.1) is 11.4 Å². The molecule has 0 bridgehead atoms. The smallest absolute Gasteiger partial charge is 0.211 e. The summed E-state index contributed by atoms with van der Waals surface area (Å²) in [5.41, 5.74) is 24.1. The van der Waals surface area contributed by atoms with E-state index in [1.54, 1.807) is 0 Å². The van der Waals surface area contributed by atoms with E-state index in [9.17, 15) is 0 Å². The molecular weight excluding hydrogens is 383 g/mol. The number of benzene rings is 1. The maximum atomic E-state index is 5.26. The molecule has 0 atom stereocenters. The first-order valence-corrected chi connectivity index (χ1v) is 6.95. The zero-order valence-corrected chi connectivity index (χ0v) is 13.9. The van der Waals surface area contributed by atoms with Crippen LogP contribution in [0.25, 0.3) is 0 Å². The number of hydrogen-bond donors (Lipinski definition) is 4. The molecule has 9 heteroatoms. The van der Waals surface area contributed by atoms with E-state index < -0.39 is 0 Å². The van der Waals surface area contributed by atoms with E-state index in [-0.39, 0.29) is 11.9 Å². The number of nitrogens with zero attached hydrogens (tertiary/aromatic N) is 4. The lowest BCUT2D eigenvalue weighted by Gasteiger charge is -2.05. The van der Waals surface area contributed by atoms with Gasteiger partial charge >= 0.3 is 0 Å². The maximum absolute atomic E-state index is 5.26. The first-order chi connectivity index (χ1) is 9.79. The van der Waals surface area contributed by atoms with Gasteiger partial charge in [-0.25, -0.2) is 0 Å². The molecule has 0 fully saturated rings. The van der Waals surface area contributed by atoms with Crippen LogP contribution in [0.2, 0.25) is 0 Å². The molecule has 21 heavy (non-hydrogen) atoms. The van der Waals surface area contributed by atoms with Gasteiger partial charge in [0.2, 0.25) is 11.9 Å². The first-order valence-electron chi connectivity index (χ1n) is 5.87. The second-order valence-corrected chi connectivity index (χ2v) is 5.39. The van der Waals surface area contributed by atoms with E-state index in [2.05, 4.69) is 43.0 Å². The highest BCUT2D eigenvalue weighted by atomic mass is 127. The topological polar surface area (TPSA) is 154 Å². The highest BCUT2D eigenvalue weighted by Gasteiger charge is 2.05. The molecule has 0 saturated heterocycles. The van der Waals surface area contributed by atoms with Gasteiger partial charge in [-0.05, 0) is 65.8 Å². The Hall–Kier alpha value is -2.17. The van der Waals surface area contributed by atoms with Crippen molar-refractivity contribution in [3.05, 3.63) is 32.9 Å². The molecule has 1 aromatic rings. The van der Waals surface area contributed by atoms with Crippen molar-refractivity contribution >= 4 is 45.9 Å². The Morgan fingerprint density at radius 3 is 1.48 bits per heavy atom. The predicted octanol–water partition coefficient (Wildman–Crippen LogP) is 0.286. The number of rotatable bonds is 4. The minimum atomic E-state index is -0.0919. The summed E-state index contributed by atoms with van der Waals surface area (Å²) in [5.74, 6) is -0.184. The summed E-state index contributed by atoms with van der Waals surface area (Å²) in [6, 6.07) is 5.82. The zero-order chi connectivity index (χ0) is 16.0. The third-order valence-corrected chi connectivity index (χ3v) is 2.99. The summed E-state index contributed by atoms with van der Waals surface area (Å²) in [4.78, 5) is 0. The van der Waals surface area contributed by atoms with Crippen LogP contribution in [0.1, 0.15) is 25.0 Å². The molecule has 0 amide bonds. The zero-order valence-electron chi connectivity index (χ0n) is 11.7. The van der Waals surface area contributed by atoms with E-state index in [1.807, 2.05) is 32.0 Å². The molecule has 0 aliphatic heterocycles. The lowest BCUT2D eigenvalue weighted by Crippen LogP contribution is -2.22. The van der Waals surface area contributed by atoms with Crippen molar-refractivity contribution in [2.45, 2.75) is 13.8 Å². The standard InChI is InChI=1S/C12H17IN8/c1-6(18-20-11(14)15)8-3-9(5-10(13)4-8)7(2)19-21-12(16)17/h3-5H,1-2H3,(H4,14,15,20)(H4,16,17,21)/b18-6+,19-7+. The molecule has 0 unspecified atom stereocenters. The Bertz CT molecular complexity index is 584. The Morgan fingerprint density at radius 2 is 1.14 bits per heavy atom. The van der Waals surface area contributed by atoms with Crippen molar-refractivity contribution < 1.29 is 0 Å². The molecule has 0 aliphatic rings.